The maximum absolute atomic E-state index is 13.9. The molecule has 3 N–H and O–H groups in total. The maximum atomic E-state index is 13.9. The number of nitrogens with two attached hydrogens (primary N) is 1. The van der Waals surface area contributed by atoms with Gasteiger partial charge in [-0.15, -0.1) is 0 Å². The highest BCUT2D eigenvalue weighted by Crippen LogP contribution is 2.52. The van der Waals surface area contributed by atoms with Gasteiger partial charge < -0.3 is 24.9 Å². The number of aliphatic hydroxyl groups is 1. The summed E-state index contributed by atoms with van der Waals surface area (Å²) in [5.41, 5.74) is 8.06. The van der Waals surface area contributed by atoms with Crippen molar-refractivity contribution in [3.63, 3.8) is 0 Å². The fraction of sp³-hybridized carbons (Fsp3) is 0.500. The highest BCUT2D eigenvalue weighted by molar-refractivity contribution is 6.82. The first-order chi connectivity index (χ1) is 18.3. The van der Waals surface area contributed by atoms with Crippen molar-refractivity contribution in [1.82, 2.24) is 9.55 Å². The van der Waals surface area contributed by atoms with Gasteiger partial charge in [-0.05, 0) is 34.6 Å². The summed E-state index contributed by atoms with van der Waals surface area (Å²) in [5, 5.41) is 12.6. The Morgan fingerprint density at radius 1 is 1.33 bits per heavy atom. The molecular weight excluding hydrogens is 510 g/mol. The van der Waals surface area contributed by atoms with Crippen LogP contribution in [0.2, 0.25) is 18.1 Å². The van der Waals surface area contributed by atoms with Crippen LogP contribution in [-0.4, -0.2) is 52.5 Å². The van der Waals surface area contributed by atoms with Gasteiger partial charge in [-0.1, -0.05) is 72.0 Å². The van der Waals surface area contributed by atoms with Gasteiger partial charge in [0.25, 0.3) is 0 Å². The molecule has 0 spiro atoms. The van der Waals surface area contributed by atoms with Gasteiger partial charge in [-0.3, -0.25) is 4.79 Å². The zero-order valence-corrected chi connectivity index (χ0v) is 24.9. The van der Waals surface area contributed by atoms with E-state index in [0.29, 0.717) is 34.7 Å². The molecule has 1 aromatic heterocycles. The van der Waals surface area contributed by atoms with E-state index in [9.17, 15) is 14.7 Å². The van der Waals surface area contributed by atoms with Crippen molar-refractivity contribution in [2.75, 3.05) is 6.54 Å². The molecule has 0 saturated carbocycles. The van der Waals surface area contributed by atoms with Crippen LogP contribution in [-0.2, 0) is 32.0 Å². The van der Waals surface area contributed by atoms with Crippen molar-refractivity contribution in [2.45, 2.75) is 83.5 Å². The van der Waals surface area contributed by atoms with Crippen LogP contribution in [0.5, 0.6) is 0 Å². The van der Waals surface area contributed by atoms with Crippen LogP contribution in [0.3, 0.4) is 0 Å². The van der Waals surface area contributed by atoms with Gasteiger partial charge in [-0.25, -0.2) is 9.78 Å². The van der Waals surface area contributed by atoms with Crippen molar-refractivity contribution in [1.29, 1.82) is 0 Å². The van der Waals surface area contributed by atoms with E-state index < -0.39 is 31.3 Å². The van der Waals surface area contributed by atoms with Gasteiger partial charge in [0.1, 0.15) is 30.4 Å². The summed E-state index contributed by atoms with van der Waals surface area (Å²) < 4.78 is 14.2. The second-order valence-electron chi connectivity index (χ2n) is 12.4. The quantitative estimate of drug-likeness (QED) is 0.359. The van der Waals surface area contributed by atoms with Crippen LogP contribution in [0.15, 0.2) is 35.4 Å². The van der Waals surface area contributed by atoms with Crippen LogP contribution in [0.1, 0.15) is 57.9 Å². The molecule has 39 heavy (non-hydrogen) atoms. The zero-order valence-electron chi connectivity index (χ0n) is 23.9. The predicted octanol–water partition coefficient (Wildman–Crippen LogP) is 2.85. The lowest BCUT2D eigenvalue weighted by Crippen LogP contribution is -2.62. The molecule has 2 aliphatic heterocycles. The minimum absolute atomic E-state index is 0.0528. The molecule has 1 aliphatic carbocycles. The Morgan fingerprint density at radius 3 is 2.67 bits per heavy atom. The standard InChI is InChI=1S/C30H39N3O5Si/c1-8-30(38-23(34)15-31)20-14-21-25(33-16-19-12-10-9-11-18(19)13-22(33)32-21)26(35)24(20)27(37-28(30)36)39(6,7)29(4,5)17(2)3/h9-13,17,27,35H,8,14-16,31H2,1-7H3. The van der Waals surface area contributed by atoms with Crippen LogP contribution < -0.4 is 16.6 Å². The van der Waals surface area contributed by atoms with Crippen LogP contribution in [0, 0.1) is 5.92 Å². The third kappa shape index (κ3) is 3.84. The minimum atomic E-state index is -2.49. The average molecular weight is 550 g/mol. The zero-order chi connectivity index (χ0) is 28.5. The number of cyclic esters (lactones) is 1. The molecule has 0 saturated heterocycles. The average Bonchev–Trinajstić information content (AvgIpc) is 3.25. The molecule has 5 rings (SSSR count). The number of hydrogen-bond donors (Lipinski definition) is 2. The molecule has 2 unspecified atom stereocenters. The van der Waals surface area contributed by atoms with Gasteiger partial charge in [0, 0.05) is 17.6 Å². The van der Waals surface area contributed by atoms with Crippen molar-refractivity contribution in [3.8, 4) is 0 Å². The number of ether oxygens (including phenoxy) is 2. The first kappa shape index (κ1) is 27.4. The Labute approximate surface area is 230 Å². The van der Waals surface area contributed by atoms with Crippen LogP contribution >= 0.6 is 0 Å². The Hall–Kier alpha value is -3.17. The first-order valence-corrected chi connectivity index (χ1v) is 16.8. The number of aliphatic hydroxyl groups excluding tert-OH is 1. The van der Waals surface area contributed by atoms with Gasteiger partial charge in [0.2, 0.25) is 5.60 Å². The fourth-order valence-corrected chi connectivity index (χ4v) is 9.83. The number of rotatable bonds is 6. The normalized spacial score (nSPS) is 22.4. The summed E-state index contributed by atoms with van der Waals surface area (Å²) >= 11 is 0. The molecular formula is C30H39N3O5Si. The smallest absolute Gasteiger partial charge is 0.355 e. The molecule has 0 amide bonds. The van der Waals surface area contributed by atoms with E-state index in [1.807, 2.05) is 22.8 Å². The second kappa shape index (κ2) is 9.20. The molecule has 0 bridgehead atoms. The topological polar surface area (TPSA) is 117 Å². The molecule has 208 valence electrons. The van der Waals surface area contributed by atoms with Gasteiger partial charge in [0.05, 0.1) is 18.8 Å². The molecule has 1 aromatic carbocycles. The molecule has 0 radical (unpaired) electrons. The fourth-order valence-electron chi connectivity index (χ4n) is 6.23. The number of carbonyl (C=O) groups is 2. The molecule has 0 fully saturated rings. The van der Waals surface area contributed by atoms with Crippen molar-refractivity contribution < 1.29 is 24.2 Å². The number of fused-ring (bicyclic) bond motifs is 4. The Bertz CT molecular complexity index is 1530. The first-order valence-electron chi connectivity index (χ1n) is 13.7. The van der Waals surface area contributed by atoms with E-state index in [0.717, 1.165) is 16.6 Å². The molecule has 9 heteroatoms. The lowest BCUT2D eigenvalue weighted by molar-refractivity contribution is -0.181. The summed E-state index contributed by atoms with van der Waals surface area (Å²) in [6, 6.07) is 8.13. The lowest BCUT2D eigenvalue weighted by Gasteiger charge is -2.51. The molecule has 8 nitrogen and oxygen atoms in total. The number of nitrogens with zero attached hydrogens (tertiary/aromatic N) is 2. The SMILES string of the molecule is CCC1(OC(=O)CN)C(=O)OC([Si](C)(C)C(C)(C)C(C)C)C2=C1Cc1nc3n(c1=C2O)Cc1ccccc1C=3. The predicted molar refractivity (Wildman–Crippen MR) is 152 cm³/mol. The summed E-state index contributed by atoms with van der Waals surface area (Å²) in [5.74, 6) is -0.937. The third-order valence-corrected chi connectivity index (χ3v) is 15.5. The summed E-state index contributed by atoms with van der Waals surface area (Å²) in [4.78, 5) is 31.3. The number of aromatic nitrogens is 2. The number of esters is 2. The van der Waals surface area contributed by atoms with Crippen LogP contribution in [0.25, 0.3) is 11.8 Å². The van der Waals surface area contributed by atoms with E-state index in [1.165, 1.54) is 0 Å². The number of carbonyl (C=O) groups excluding carboxylic acids is 2. The molecule has 2 aromatic rings. The highest BCUT2D eigenvalue weighted by Gasteiger charge is 2.60. The minimum Gasteiger partial charge on any atom is -0.505 e. The summed E-state index contributed by atoms with van der Waals surface area (Å²) in [6.07, 6.45) is 2.44. The molecule has 3 aliphatic rings. The number of benzene rings is 1. The Morgan fingerprint density at radius 2 is 2.03 bits per heavy atom. The van der Waals surface area contributed by atoms with E-state index in [1.54, 1.807) is 6.92 Å². The van der Waals surface area contributed by atoms with Gasteiger partial charge in [0.15, 0.2) is 0 Å². The van der Waals surface area contributed by atoms with E-state index in [4.69, 9.17) is 20.2 Å². The van der Waals surface area contributed by atoms with Gasteiger partial charge in [-0.2, -0.15) is 0 Å². The van der Waals surface area contributed by atoms with Crippen LogP contribution in [0.4, 0.5) is 0 Å². The van der Waals surface area contributed by atoms with Crippen molar-refractivity contribution >= 4 is 31.8 Å². The van der Waals surface area contributed by atoms with Crippen molar-refractivity contribution in [2.24, 2.45) is 11.7 Å². The molecule has 3 heterocycles. The Balaban J connectivity index is 1.81. The largest absolute Gasteiger partial charge is 0.505 e. The summed E-state index contributed by atoms with van der Waals surface area (Å²) in [6.45, 7) is 15.2. The number of imidazole rings is 1. The van der Waals surface area contributed by atoms with Gasteiger partial charge >= 0.3 is 11.9 Å². The molecule has 2 atom stereocenters. The van der Waals surface area contributed by atoms with Crippen molar-refractivity contribution in [3.05, 3.63) is 63.1 Å². The van der Waals surface area contributed by atoms with E-state index >= 15 is 0 Å². The second-order valence-corrected chi connectivity index (χ2v) is 17.6. The lowest BCUT2D eigenvalue weighted by atomic mass is 9.79. The van der Waals surface area contributed by atoms with E-state index in [2.05, 4.69) is 52.9 Å². The monoisotopic (exact) mass is 549 g/mol. The third-order valence-electron chi connectivity index (χ3n) is 9.90. The highest BCUT2D eigenvalue weighted by atomic mass is 28.3. The number of hydrogen-bond acceptors (Lipinski definition) is 7. The maximum Gasteiger partial charge on any atom is 0.355 e. The van der Waals surface area contributed by atoms with E-state index in [-0.39, 0.29) is 30.2 Å². The summed E-state index contributed by atoms with van der Waals surface area (Å²) in [7, 11) is -2.49. The Kier molecular flexibility index (Phi) is 6.46.